The number of nitrogens with zero attached hydrogens (tertiary/aromatic N) is 2. The van der Waals surface area contributed by atoms with Gasteiger partial charge in [0.05, 0.1) is 0 Å². The van der Waals surface area contributed by atoms with Crippen LogP contribution in [0.25, 0.3) is 11.4 Å². The molecule has 0 bridgehead atoms. The Morgan fingerprint density at radius 2 is 1.81 bits per heavy atom. The molecule has 0 aliphatic heterocycles. The van der Waals surface area contributed by atoms with Gasteiger partial charge in [-0.25, -0.2) is 4.98 Å². The highest BCUT2D eigenvalue weighted by Gasteiger charge is 2.07. The van der Waals surface area contributed by atoms with Gasteiger partial charge in [0.1, 0.15) is 5.82 Å². The maximum absolute atomic E-state index is 5.87. The Kier molecular flexibility index (Phi) is 3.48. The van der Waals surface area contributed by atoms with E-state index < -0.39 is 0 Å². The van der Waals surface area contributed by atoms with E-state index in [1.54, 1.807) is 0 Å². The van der Waals surface area contributed by atoms with Gasteiger partial charge in [0.25, 0.3) is 0 Å². The first kappa shape index (κ1) is 13.4. The maximum atomic E-state index is 5.87. The Morgan fingerprint density at radius 3 is 2.52 bits per heavy atom. The molecule has 0 saturated carbocycles. The average Bonchev–Trinajstić information content (AvgIpc) is 2.85. The van der Waals surface area contributed by atoms with Gasteiger partial charge in [-0.3, -0.25) is 0 Å². The molecule has 3 nitrogen and oxygen atoms in total. The molecule has 2 N–H and O–H groups in total. The monoisotopic (exact) mass is 277 g/mol. The summed E-state index contributed by atoms with van der Waals surface area (Å²) in [7, 11) is 0. The summed E-state index contributed by atoms with van der Waals surface area (Å²) in [6.07, 6.45) is 3.84. The zero-order valence-electron chi connectivity index (χ0n) is 12.4. The minimum atomic E-state index is 0.758. The highest BCUT2D eigenvalue weighted by molar-refractivity contribution is 5.61. The SMILES string of the molecule is Cc1cc(C)cc(Cn2ccnc2-c2cccc(N)c2)c1. The van der Waals surface area contributed by atoms with Crippen molar-refractivity contribution in [3.05, 3.63) is 71.5 Å². The number of imidazole rings is 1. The fourth-order valence-corrected chi connectivity index (χ4v) is 2.73. The number of hydrogen-bond acceptors (Lipinski definition) is 2. The van der Waals surface area contributed by atoms with Gasteiger partial charge in [-0.2, -0.15) is 0 Å². The van der Waals surface area contributed by atoms with Crippen molar-refractivity contribution in [1.82, 2.24) is 9.55 Å². The van der Waals surface area contributed by atoms with Crippen LogP contribution in [0, 0.1) is 13.8 Å². The van der Waals surface area contributed by atoms with Gasteiger partial charge < -0.3 is 10.3 Å². The lowest BCUT2D eigenvalue weighted by molar-refractivity contribution is 0.805. The molecule has 0 aliphatic rings. The Balaban J connectivity index is 1.96. The van der Waals surface area contributed by atoms with E-state index in [4.69, 9.17) is 5.73 Å². The summed E-state index contributed by atoms with van der Waals surface area (Å²) >= 11 is 0. The van der Waals surface area contributed by atoms with E-state index in [0.717, 1.165) is 23.6 Å². The van der Waals surface area contributed by atoms with E-state index in [9.17, 15) is 0 Å². The highest BCUT2D eigenvalue weighted by Crippen LogP contribution is 2.21. The number of anilines is 1. The summed E-state index contributed by atoms with van der Waals surface area (Å²) in [5.74, 6) is 0.946. The first-order valence-electron chi connectivity index (χ1n) is 7.06. The van der Waals surface area contributed by atoms with Crippen molar-refractivity contribution in [1.29, 1.82) is 0 Å². The van der Waals surface area contributed by atoms with Crippen LogP contribution in [0.2, 0.25) is 0 Å². The topological polar surface area (TPSA) is 43.8 Å². The molecule has 0 spiro atoms. The molecule has 3 rings (SSSR count). The van der Waals surface area contributed by atoms with Crippen molar-refractivity contribution in [2.75, 3.05) is 5.73 Å². The molecule has 21 heavy (non-hydrogen) atoms. The number of rotatable bonds is 3. The Morgan fingerprint density at radius 1 is 1.05 bits per heavy atom. The highest BCUT2D eigenvalue weighted by atomic mass is 15.1. The second-order valence-electron chi connectivity index (χ2n) is 5.50. The predicted octanol–water partition coefficient (Wildman–Crippen LogP) is 3.80. The molecule has 1 aromatic heterocycles. The first-order valence-corrected chi connectivity index (χ1v) is 7.06. The molecule has 3 heteroatoms. The first-order chi connectivity index (χ1) is 10.1. The normalized spacial score (nSPS) is 10.8. The Labute approximate surface area is 125 Å². The van der Waals surface area contributed by atoms with Crippen molar-refractivity contribution in [2.24, 2.45) is 0 Å². The van der Waals surface area contributed by atoms with Crippen molar-refractivity contribution in [3.8, 4) is 11.4 Å². The summed E-state index contributed by atoms with van der Waals surface area (Å²) in [5.41, 5.74) is 11.5. The molecule has 0 fully saturated rings. The van der Waals surface area contributed by atoms with Crippen molar-refractivity contribution >= 4 is 5.69 Å². The molecule has 0 radical (unpaired) electrons. The summed E-state index contributed by atoms with van der Waals surface area (Å²) in [6.45, 7) is 5.07. The molecule has 0 amide bonds. The van der Waals surface area contributed by atoms with Crippen LogP contribution >= 0.6 is 0 Å². The van der Waals surface area contributed by atoms with Crippen LogP contribution in [-0.2, 0) is 6.54 Å². The van der Waals surface area contributed by atoms with E-state index in [-0.39, 0.29) is 0 Å². The van der Waals surface area contributed by atoms with Crippen LogP contribution in [-0.4, -0.2) is 9.55 Å². The van der Waals surface area contributed by atoms with Crippen LogP contribution in [0.4, 0.5) is 5.69 Å². The summed E-state index contributed by atoms with van der Waals surface area (Å²) in [6, 6.07) is 14.5. The second-order valence-corrected chi connectivity index (χ2v) is 5.50. The summed E-state index contributed by atoms with van der Waals surface area (Å²) in [4.78, 5) is 4.48. The van der Waals surface area contributed by atoms with Crippen LogP contribution in [0.5, 0.6) is 0 Å². The van der Waals surface area contributed by atoms with Gasteiger partial charge in [0.2, 0.25) is 0 Å². The number of aryl methyl sites for hydroxylation is 2. The van der Waals surface area contributed by atoms with Crippen molar-refractivity contribution in [2.45, 2.75) is 20.4 Å². The Bertz CT molecular complexity index is 751. The smallest absolute Gasteiger partial charge is 0.140 e. The van der Waals surface area contributed by atoms with Gasteiger partial charge in [0.15, 0.2) is 0 Å². The Hall–Kier alpha value is -2.55. The van der Waals surface area contributed by atoms with Crippen molar-refractivity contribution in [3.63, 3.8) is 0 Å². The van der Waals surface area contributed by atoms with Crippen LogP contribution in [0.1, 0.15) is 16.7 Å². The molecule has 1 heterocycles. The minimum absolute atomic E-state index is 0.758. The molecular weight excluding hydrogens is 258 g/mol. The standard InChI is InChI=1S/C18H19N3/c1-13-8-14(2)10-15(9-13)12-21-7-6-20-18(21)16-4-3-5-17(19)11-16/h3-11H,12,19H2,1-2H3. The molecule has 3 aromatic rings. The number of nitrogen functional groups attached to an aromatic ring is 1. The quantitative estimate of drug-likeness (QED) is 0.740. The zero-order chi connectivity index (χ0) is 14.8. The molecule has 106 valence electrons. The molecule has 2 aromatic carbocycles. The number of hydrogen-bond donors (Lipinski definition) is 1. The minimum Gasteiger partial charge on any atom is -0.399 e. The lowest BCUT2D eigenvalue weighted by Gasteiger charge is -2.10. The van der Waals surface area contributed by atoms with Gasteiger partial charge >= 0.3 is 0 Å². The van der Waals surface area contributed by atoms with Crippen LogP contribution in [0.15, 0.2) is 54.9 Å². The average molecular weight is 277 g/mol. The summed E-state index contributed by atoms with van der Waals surface area (Å²) in [5, 5.41) is 0. The summed E-state index contributed by atoms with van der Waals surface area (Å²) < 4.78 is 2.16. The predicted molar refractivity (Wildman–Crippen MR) is 87.1 cm³/mol. The fourth-order valence-electron chi connectivity index (χ4n) is 2.73. The molecule has 0 atom stereocenters. The molecular formula is C18H19N3. The number of benzene rings is 2. The fraction of sp³-hybridized carbons (Fsp3) is 0.167. The lowest BCUT2D eigenvalue weighted by atomic mass is 10.1. The van der Waals surface area contributed by atoms with E-state index in [0.29, 0.717) is 0 Å². The maximum Gasteiger partial charge on any atom is 0.140 e. The van der Waals surface area contributed by atoms with Gasteiger partial charge in [-0.05, 0) is 31.5 Å². The second kappa shape index (κ2) is 5.44. The van der Waals surface area contributed by atoms with E-state index in [1.807, 2.05) is 36.7 Å². The van der Waals surface area contributed by atoms with E-state index >= 15 is 0 Å². The number of nitrogens with two attached hydrogens (primary N) is 1. The van der Waals surface area contributed by atoms with Crippen LogP contribution in [0.3, 0.4) is 0 Å². The van der Waals surface area contributed by atoms with Crippen molar-refractivity contribution < 1.29 is 0 Å². The molecule has 0 unspecified atom stereocenters. The van der Waals surface area contributed by atoms with Gasteiger partial charge in [-0.15, -0.1) is 0 Å². The van der Waals surface area contributed by atoms with Crippen LogP contribution < -0.4 is 5.73 Å². The third-order valence-electron chi connectivity index (χ3n) is 3.49. The van der Waals surface area contributed by atoms with Gasteiger partial charge in [0, 0.05) is 30.2 Å². The van der Waals surface area contributed by atoms with E-state index in [2.05, 4.69) is 41.6 Å². The largest absolute Gasteiger partial charge is 0.399 e. The van der Waals surface area contributed by atoms with Gasteiger partial charge in [-0.1, -0.05) is 41.5 Å². The third kappa shape index (κ3) is 2.97. The molecule has 0 aliphatic carbocycles. The molecule has 0 saturated heterocycles. The van der Waals surface area contributed by atoms with E-state index in [1.165, 1.54) is 16.7 Å². The lowest BCUT2D eigenvalue weighted by Crippen LogP contribution is -2.02. The third-order valence-corrected chi connectivity index (χ3v) is 3.49. The zero-order valence-corrected chi connectivity index (χ0v) is 12.4. The number of aromatic nitrogens is 2.